The Labute approximate surface area is 77.9 Å². The van der Waals surface area contributed by atoms with Gasteiger partial charge in [-0.05, 0) is 0 Å². The normalized spacial score (nSPS) is 13.6. The van der Waals surface area contributed by atoms with Crippen LogP contribution in [-0.4, -0.2) is 25.7 Å². The molecular weight excluding hydrogens is 210 g/mol. The van der Waals surface area contributed by atoms with E-state index >= 15 is 0 Å². The van der Waals surface area contributed by atoms with E-state index in [1.807, 2.05) is 0 Å². The molecule has 0 radical (unpaired) electrons. The maximum atomic E-state index is 11.4. The van der Waals surface area contributed by atoms with Gasteiger partial charge in [-0.15, -0.1) is 0 Å². The third-order valence-electron chi connectivity index (χ3n) is 0.951. The zero-order valence-electron chi connectivity index (χ0n) is 7.25. The zero-order chi connectivity index (χ0) is 11.7. The molecule has 0 nitrogen and oxygen atoms in total. The molecule has 0 aliphatic carbocycles. The van der Waals surface area contributed by atoms with Gasteiger partial charge in [-0.25, -0.2) is 26.3 Å². The highest BCUT2D eigenvalue weighted by Crippen LogP contribution is 2.04. The predicted octanol–water partition coefficient (Wildman–Crippen LogP) is 3.55. The van der Waals surface area contributed by atoms with Crippen LogP contribution in [0.25, 0.3) is 0 Å². The van der Waals surface area contributed by atoms with Gasteiger partial charge < -0.3 is 0 Å². The van der Waals surface area contributed by atoms with Gasteiger partial charge in [0.25, 0.3) is 0 Å². The van der Waals surface area contributed by atoms with E-state index in [1.165, 1.54) is 0 Å². The molecule has 0 aromatic rings. The van der Waals surface area contributed by atoms with Crippen LogP contribution in [0.2, 0.25) is 0 Å². The molecule has 0 amide bonds. The molecule has 6 heteroatoms. The summed E-state index contributed by atoms with van der Waals surface area (Å²) in [6, 6.07) is 0. The van der Waals surface area contributed by atoms with E-state index in [0.717, 1.165) is 0 Å². The summed E-state index contributed by atoms with van der Waals surface area (Å²) in [5, 5.41) is 0. The molecule has 14 heavy (non-hydrogen) atoms. The van der Waals surface area contributed by atoms with Gasteiger partial charge in [0.2, 0.25) is 0 Å². The van der Waals surface area contributed by atoms with Crippen LogP contribution in [0.3, 0.4) is 0 Å². The molecule has 0 aromatic carbocycles. The molecule has 0 bridgehead atoms. The topological polar surface area (TPSA) is 0 Å². The summed E-state index contributed by atoms with van der Waals surface area (Å²) in [6.45, 7) is 2.44. The summed E-state index contributed by atoms with van der Waals surface area (Å²) in [7, 11) is 0. The fourth-order valence-electron chi connectivity index (χ4n) is 0.167. The molecular formula is C8H10F6. The van der Waals surface area contributed by atoms with Gasteiger partial charge in [0.15, 0.2) is 12.3 Å². The van der Waals surface area contributed by atoms with Crippen molar-refractivity contribution in [1.29, 1.82) is 0 Å². The summed E-state index contributed by atoms with van der Waals surface area (Å²) in [5.41, 5.74) is 0. The van der Waals surface area contributed by atoms with Crippen LogP contribution < -0.4 is 0 Å². The number of rotatable bonds is 4. The monoisotopic (exact) mass is 220 g/mol. The third-order valence-corrected chi connectivity index (χ3v) is 0.951. The molecule has 0 saturated carbocycles. The standard InChI is InChI=1S/2C4H5F3/c2*1-3(6)4(7)2-5/h2*4H,1-2H2. The summed E-state index contributed by atoms with van der Waals surface area (Å²) in [4.78, 5) is 0. The Hall–Kier alpha value is -0.940. The maximum absolute atomic E-state index is 11.4. The van der Waals surface area contributed by atoms with Crippen molar-refractivity contribution in [3.8, 4) is 0 Å². The molecule has 0 aliphatic heterocycles. The molecule has 0 saturated heterocycles. The van der Waals surface area contributed by atoms with Gasteiger partial charge in [0, 0.05) is 0 Å². The van der Waals surface area contributed by atoms with Crippen LogP contribution in [0, 0.1) is 0 Å². The zero-order valence-corrected chi connectivity index (χ0v) is 7.25. The second-order valence-electron chi connectivity index (χ2n) is 2.14. The lowest BCUT2D eigenvalue weighted by Crippen LogP contribution is -2.00. The second-order valence-corrected chi connectivity index (χ2v) is 2.14. The highest BCUT2D eigenvalue weighted by molar-refractivity contribution is 4.89. The van der Waals surface area contributed by atoms with E-state index in [9.17, 15) is 26.3 Å². The van der Waals surface area contributed by atoms with Crippen molar-refractivity contribution in [2.75, 3.05) is 13.3 Å². The number of allylic oxidation sites excluding steroid dienone is 2. The van der Waals surface area contributed by atoms with Gasteiger partial charge >= 0.3 is 0 Å². The summed E-state index contributed by atoms with van der Waals surface area (Å²) in [5.74, 6) is -2.50. The van der Waals surface area contributed by atoms with Crippen molar-refractivity contribution in [3.63, 3.8) is 0 Å². The maximum Gasteiger partial charge on any atom is 0.179 e. The highest BCUT2D eigenvalue weighted by Gasteiger charge is 2.08. The van der Waals surface area contributed by atoms with Gasteiger partial charge in [-0.1, -0.05) is 13.2 Å². The molecule has 0 spiro atoms. The van der Waals surface area contributed by atoms with E-state index in [2.05, 4.69) is 13.2 Å². The highest BCUT2D eigenvalue weighted by atomic mass is 19.2. The van der Waals surface area contributed by atoms with Crippen LogP contribution in [0.5, 0.6) is 0 Å². The van der Waals surface area contributed by atoms with E-state index in [0.29, 0.717) is 0 Å². The minimum atomic E-state index is -2.13. The SMILES string of the molecule is C=C(F)C(F)CF.C=C(F)C(F)CF. The van der Waals surface area contributed by atoms with Crippen molar-refractivity contribution in [1.82, 2.24) is 0 Å². The summed E-state index contributed by atoms with van der Waals surface area (Å²) in [6.07, 6.45) is -4.25. The molecule has 0 aromatic heterocycles. The van der Waals surface area contributed by atoms with Crippen LogP contribution in [0.1, 0.15) is 0 Å². The van der Waals surface area contributed by atoms with Gasteiger partial charge in [-0.2, -0.15) is 0 Å². The van der Waals surface area contributed by atoms with E-state index < -0.39 is 37.3 Å². The molecule has 0 aliphatic rings. The summed E-state index contributed by atoms with van der Waals surface area (Å²) >= 11 is 0. The molecule has 2 atom stereocenters. The number of hydrogen-bond donors (Lipinski definition) is 0. The lowest BCUT2D eigenvalue weighted by Gasteiger charge is -1.93. The largest absolute Gasteiger partial charge is 0.247 e. The average molecular weight is 220 g/mol. The average Bonchev–Trinajstić information content (AvgIpc) is 2.15. The Morgan fingerprint density at radius 2 is 1.07 bits per heavy atom. The molecule has 0 rings (SSSR count). The van der Waals surface area contributed by atoms with Crippen LogP contribution in [0.15, 0.2) is 24.8 Å². The van der Waals surface area contributed by atoms with E-state index in [-0.39, 0.29) is 0 Å². The Morgan fingerprint density at radius 1 is 0.857 bits per heavy atom. The molecule has 0 heterocycles. The minimum absolute atomic E-state index is 1.25. The lowest BCUT2D eigenvalue weighted by molar-refractivity contribution is 0.263. The smallest absolute Gasteiger partial charge is 0.179 e. The second kappa shape index (κ2) is 8.65. The van der Waals surface area contributed by atoms with Crippen molar-refractivity contribution in [2.45, 2.75) is 12.3 Å². The van der Waals surface area contributed by atoms with Crippen molar-refractivity contribution >= 4 is 0 Å². The summed E-state index contributed by atoms with van der Waals surface area (Å²) < 4.78 is 67.3. The molecule has 0 N–H and O–H groups in total. The first-order valence-electron chi connectivity index (χ1n) is 3.45. The first-order valence-corrected chi connectivity index (χ1v) is 3.45. The van der Waals surface area contributed by atoms with Crippen LogP contribution in [-0.2, 0) is 0 Å². The Kier molecular flexibility index (Phi) is 9.59. The van der Waals surface area contributed by atoms with Crippen molar-refractivity contribution in [3.05, 3.63) is 24.8 Å². The third kappa shape index (κ3) is 9.15. The van der Waals surface area contributed by atoms with Gasteiger partial charge in [0.05, 0.1) is 0 Å². The van der Waals surface area contributed by atoms with E-state index in [1.54, 1.807) is 0 Å². The minimum Gasteiger partial charge on any atom is -0.247 e. The number of hydrogen-bond acceptors (Lipinski definition) is 0. The fourth-order valence-corrected chi connectivity index (χ4v) is 0.167. The first-order chi connectivity index (χ1) is 6.36. The molecule has 2 unspecified atom stereocenters. The lowest BCUT2D eigenvalue weighted by atomic mass is 10.4. The first kappa shape index (κ1) is 15.5. The van der Waals surface area contributed by atoms with E-state index in [4.69, 9.17) is 0 Å². The Balaban J connectivity index is 0. The van der Waals surface area contributed by atoms with Gasteiger partial charge in [-0.3, -0.25) is 0 Å². The number of alkyl halides is 4. The molecule has 84 valence electrons. The van der Waals surface area contributed by atoms with Crippen LogP contribution in [0.4, 0.5) is 26.3 Å². The Bertz CT molecular complexity index is 159. The molecule has 0 fully saturated rings. The van der Waals surface area contributed by atoms with Crippen LogP contribution >= 0.6 is 0 Å². The quantitative estimate of drug-likeness (QED) is 0.635. The van der Waals surface area contributed by atoms with Crippen molar-refractivity contribution < 1.29 is 26.3 Å². The fraction of sp³-hybridized carbons (Fsp3) is 0.500. The Morgan fingerprint density at radius 3 is 1.07 bits per heavy atom. The number of halogens is 6. The van der Waals surface area contributed by atoms with Gasteiger partial charge in [0.1, 0.15) is 25.0 Å². The van der Waals surface area contributed by atoms with Crippen molar-refractivity contribution in [2.24, 2.45) is 0 Å². The predicted molar refractivity (Wildman–Crippen MR) is 42.2 cm³/mol.